The van der Waals surface area contributed by atoms with E-state index in [0.29, 0.717) is 12.3 Å². The summed E-state index contributed by atoms with van der Waals surface area (Å²) in [4.78, 5) is 0. The average molecular weight is 222 g/mol. The lowest BCUT2D eigenvalue weighted by atomic mass is 9.82. The summed E-state index contributed by atoms with van der Waals surface area (Å²) in [6, 6.07) is 7.00. The minimum Gasteiger partial charge on any atom is -0.396 e. The molecular formula is C14H19FO. The first-order valence-electron chi connectivity index (χ1n) is 6.18. The zero-order valence-electron chi connectivity index (χ0n) is 9.53. The molecule has 1 unspecified atom stereocenters. The maximum absolute atomic E-state index is 13.7. The van der Waals surface area contributed by atoms with Gasteiger partial charge in [0.15, 0.2) is 0 Å². The van der Waals surface area contributed by atoms with Crippen LogP contribution in [0.4, 0.5) is 4.39 Å². The highest BCUT2D eigenvalue weighted by Gasteiger charge is 2.27. The van der Waals surface area contributed by atoms with Gasteiger partial charge in [0.25, 0.3) is 0 Å². The molecule has 1 nitrogen and oxygen atoms in total. The van der Waals surface area contributed by atoms with Crippen LogP contribution in [0, 0.1) is 11.7 Å². The molecule has 1 aromatic carbocycles. The van der Waals surface area contributed by atoms with E-state index in [1.807, 2.05) is 12.1 Å². The molecule has 0 heterocycles. The van der Waals surface area contributed by atoms with Crippen molar-refractivity contribution in [2.45, 2.75) is 38.0 Å². The largest absolute Gasteiger partial charge is 0.396 e. The third-order valence-corrected chi connectivity index (χ3v) is 3.71. The van der Waals surface area contributed by atoms with E-state index in [0.717, 1.165) is 5.56 Å². The Labute approximate surface area is 96.3 Å². The fourth-order valence-corrected chi connectivity index (χ4v) is 2.92. The van der Waals surface area contributed by atoms with E-state index in [4.69, 9.17) is 5.11 Å². The summed E-state index contributed by atoms with van der Waals surface area (Å²) in [5.41, 5.74) is 0.795. The number of aliphatic hydroxyl groups is 1. The van der Waals surface area contributed by atoms with Crippen LogP contribution in [-0.2, 0) is 0 Å². The monoisotopic (exact) mass is 222 g/mol. The quantitative estimate of drug-likeness (QED) is 0.827. The van der Waals surface area contributed by atoms with E-state index in [-0.39, 0.29) is 18.3 Å². The van der Waals surface area contributed by atoms with Crippen molar-refractivity contribution in [3.05, 3.63) is 35.6 Å². The molecule has 0 aromatic heterocycles. The Morgan fingerprint density at radius 2 is 1.94 bits per heavy atom. The summed E-state index contributed by atoms with van der Waals surface area (Å²) in [6.45, 7) is 0.148. The van der Waals surface area contributed by atoms with Gasteiger partial charge in [-0.05, 0) is 42.7 Å². The first-order valence-corrected chi connectivity index (χ1v) is 6.18. The lowest BCUT2D eigenvalue weighted by Crippen LogP contribution is -2.13. The smallest absolute Gasteiger partial charge is 0.126 e. The van der Waals surface area contributed by atoms with Crippen LogP contribution in [0.5, 0.6) is 0 Å². The van der Waals surface area contributed by atoms with Crippen LogP contribution >= 0.6 is 0 Å². The van der Waals surface area contributed by atoms with Crippen molar-refractivity contribution in [2.75, 3.05) is 6.61 Å². The molecule has 1 aliphatic carbocycles. The second-order valence-corrected chi connectivity index (χ2v) is 4.68. The molecule has 1 aromatic rings. The topological polar surface area (TPSA) is 20.2 Å². The third kappa shape index (κ3) is 2.43. The lowest BCUT2D eigenvalue weighted by molar-refractivity contribution is 0.252. The van der Waals surface area contributed by atoms with Gasteiger partial charge in [0, 0.05) is 6.61 Å². The fourth-order valence-electron chi connectivity index (χ4n) is 2.92. The maximum Gasteiger partial charge on any atom is 0.126 e. The first kappa shape index (κ1) is 11.6. The van der Waals surface area contributed by atoms with E-state index >= 15 is 0 Å². The minimum atomic E-state index is -0.118. The Balaban J connectivity index is 2.21. The van der Waals surface area contributed by atoms with Crippen LogP contribution < -0.4 is 0 Å². The summed E-state index contributed by atoms with van der Waals surface area (Å²) in [5.74, 6) is 0.644. The van der Waals surface area contributed by atoms with Crippen LogP contribution in [0.3, 0.4) is 0 Å². The van der Waals surface area contributed by atoms with Crippen LogP contribution in [-0.4, -0.2) is 11.7 Å². The molecule has 0 amide bonds. The fraction of sp³-hybridized carbons (Fsp3) is 0.571. The number of benzene rings is 1. The maximum atomic E-state index is 13.7. The molecule has 0 saturated heterocycles. The zero-order chi connectivity index (χ0) is 11.4. The number of aliphatic hydroxyl groups excluding tert-OH is 1. The van der Waals surface area contributed by atoms with Crippen molar-refractivity contribution < 1.29 is 9.50 Å². The number of hydrogen-bond acceptors (Lipinski definition) is 1. The predicted octanol–water partition coefficient (Wildman–Crippen LogP) is 3.48. The molecule has 2 rings (SSSR count). The van der Waals surface area contributed by atoms with Gasteiger partial charge in [0.05, 0.1) is 0 Å². The molecule has 1 aliphatic rings. The van der Waals surface area contributed by atoms with E-state index in [1.165, 1.54) is 31.7 Å². The summed E-state index contributed by atoms with van der Waals surface area (Å²) >= 11 is 0. The van der Waals surface area contributed by atoms with Gasteiger partial charge in [-0.1, -0.05) is 31.0 Å². The molecular weight excluding hydrogens is 203 g/mol. The molecule has 1 fully saturated rings. The van der Waals surface area contributed by atoms with Crippen molar-refractivity contribution in [1.82, 2.24) is 0 Å². The zero-order valence-corrected chi connectivity index (χ0v) is 9.53. The first-order chi connectivity index (χ1) is 7.83. The Kier molecular flexibility index (Phi) is 3.94. The van der Waals surface area contributed by atoms with Gasteiger partial charge in [-0.15, -0.1) is 0 Å². The average Bonchev–Trinajstić information content (AvgIpc) is 2.80. The van der Waals surface area contributed by atoms with Gasteiger partial charge < -0.3 is 5.11 Å². The van der Waals surface area contributed by atoms with Gasteiger partial charge >= 0.3 is 0 Å². The van der Waals surface area contributed by atoms with Crippen molar-refractivity contribution in [3.63, 3.8) is 0 Å². The van der Waals surface area contributed by atoms with Gasteiger partial charge in [-0.2, -0.15) is 0 Å². The van der Waals surface area contributed by atoms with Gasteiger partial charge in [0.1, 0.15) is 5.82 Å². The Bertz CT molecular complexity index is 331. The normalized spacial score (nSPS) is 18.9. The SMILES string of the molecule is OCCC(c1ccccc1F)C1CCCC1. The van der Waals surface area contributed by atoms with E-state index in [1.54, 1.807) is 6.07 Å². The van der Waals surface area contributed by atoms with Crippen LogP contribution in [0.2, 0.25) is 0 Å². The lowest BCUT2D eigenvalue weighted by Gasteiger charge is -2.23. The van der Waals surface area contributed by atoms with Crippen LogP contribution in [0.15, 0.2) is 24.3 Å². The molecule has 0 aliphatic heterocycles. The standard InChI is InChI=1S/C14H19FO/c15-14-8-4-3-7-13(14)12(9-10-16)11-5-1-2-6-11/h3-4,7-8,11-12,16H,1-2,5-6,9-10H2. The Hall–Kier alpha value is -0.890. The van der Waals surface area contributed by atoms with Crippen molar-refractivity contribution >= 4 is 0 Å². The number of rotatable bonds is 4. The molecule has 1 atom stereocenters. The molecule has 88 valence electrons. The molecule has 0 radical (unpaired) electrons. The molecule has 16 heavy (non-hydrogen) atoms. The van der Waals surface area contributed by atoms with Gasteiger partial charge in [-0.3, -0.25) is 0 Å². The second-order valence-electron chi connectivity index (χ2n) is 4.68. The number of halogens is 1. The van der Waals surface area contributed by atoms with Crippen molar-refractivity contribution in [1.29, 1.82) is 0 Å². The van der Waals surface area contributed by atoms with Crippen LogP contribution in [0.1, 0.15) is 43.6 Å². The van der Waals surface area contributed by atoms with Crippen molar-refractivity contribution in [2.24, 2.45) is 5.92 Å². The highest BCUT2D eigenvalue weighted by atomic mass is 19.1. The molecule has 0 spiro atoms. The number of hydrogen-bond donors (Lipinski definition) is 1. The van der Waals surface area contributed by atoms with E-state index in [9.17, 15) is 4.39 Å². The summed E-state index contributed by atoms with van der Waals surface area (Å²) in [7, 11) is 0. The summed E-state index contributed by atoms with van der Waals surface area (Å²) in [6.07, 6.45) is 5.55. The van der Waals surface area contributed by atoms with E-state index in [2.05, 4.69) is 0 Å². The Morgan fingerprint density at radius 1 is 1.25 bits per heavy atom. The minimum absolute atomic E-state index is 0.118. The van der Waals surface area contributed by atoms with Crippen molar-refractivity contribution in [3.8, 4) is 0 Å². The molecule has 1 N–H and O–H groups in total. The Morgan fingerprint density at radius 3 is 2.56 bits per heavy atom. The third-order valence-electron chi connectivity index (χ3n) is 3.71. The van der Waals surface area contributed by atoms with Gasteiger partial charge in [-0.25, -0.2) is 4.39 Å². The summed E-state index contributed by atoms with van der Waals surface area (Å²) in [5, 5.41) is 9.13. The highest BCUT2D eigenvalue weighted by Crippen LogP contribution is 2.39. The molecule has 0 bridgehead atoms. The molecule has 2 heteroatoms. The van der Waals surface area contributed by atoms with Gasteiger partial charge in [0.2, 0.25) is 0 Å². The molecule has 1 saturated carbocycles. The summed E-state index contributed by atoms with van der Waals surface area (Å²) < 4.78 is 13.7. The highest BCUT2D eigenvalue weighted by molar-refractivity contribution is 5.22. The van der Waals surface area contributed by atoms with Crippen LogP contribution in [0.25, 0.3) is 0 Å². The van der Waals surface area contributed by atoms with E-state index < -0.39 is 0 Å². The predicted molar refractivity (Wildman–Crippen MR) is 62.8 cm³/mol. The second kappa shape index (κ2) is 5.44.